The maximum absolute atomic E-state index is 2.50. The maximum atomic E-state index is 2.50. The molecule has 0 saturated heterocycles. The molecule has 0 amide bonds. The number of rotatable bonds is 3. The molecule has 72 valence electrons. The van der Waals surface area contributed by atoms with Gasteiger partial charge in [0.2, 0.25) is 0 Å². The first-order valence-electron chi connectivity index (χ1n) is 5.57. The molecule has 12 heavy (non-hydrogen) atoms. The third-order valence-corrected chi connectivity index (χ3v) is 4.70. The minimum Gasteiger partial charge on any atom is -0.0651 e. The molecule has 0 N–H and O–H groups in total. The van der Waals surface area contributed by atoms with Gasteiger partial charge in [-0.15, -0.1) is 0 Å². The van der Waals surface area contributed by atoms with Crippen molar-refractivity contribution >= 4 is 0 Å². The Hall–Kier alpha value is 0. The van der Waals surface area contributed by atoms with E-state index in [-0.39, 0.29) is 0 Å². The van der Waals surface area contributed by atoms with Crippen LogP contribution in [0.5, 0.6) is 0 Å². The highest BCUT2D eigenvalue weighted by atomic mass is 14.5. The van der Waals surface area contributed by atoms with E-state index in [4.69, 9.17) is 0 Å². The van der Waals surface area contributed by atoms with Gasteiger partial charge in [-0.25, -0.2) is 0 Å². The van der Waals surface area contributed by atoms with E-state index in [1.54, 1.807) is 0 Å². The summed E-state index contributed by atoms with van der Waals surface area (Å²) in [6, 6.07) is 0. The molecule has 0 heterocycles. The Bertz CT molecular complexity index is 136. The van der Waals surface area contributed by atoms with Gasteiger partial charge in [0.1, 0.15) is 0 Å². The van der Waals surface area contributed by atoms with Crippen molar-refractivity contribution in [2.45, 2.75) is 53.9 Å². The number of hydrogen-bond donors (Lipinski definition) is 0. The Morgan fingerprint density at radius 2 is 1.58 bits per heavy atom. The molecule has 1 fully saturated rings. The molecule has 1 rings (SSSR count). The predicted molar refractivity (Wildman–Crippen MR) is 55.1 cm³/mol. The van der Waals surface area contributed by atoms with Crippen molar-refractivity contribution in [3.8, 4) is 0 Å². The summed E-state index contributed by atoms with van der Waals surface area (Å²) in [5.41, 5.74) is 0.656. The number of hydrogen-bond acceptors (Lipinski definition) is 0. The molecule has 0 aromatic heterocycles. The van der Waals surface area contributed by atoms with Gasteiger partial charge in [-0.2, -0.15) is 0 Å². The van der Waals surface area contributed by atoms with Crippen LogP contribution in [0.15, 0.2) is 0 Å². The second-order valence-corrected chi connectivity index (χ2v) is 4.92. The zero-order chi connectivity index (χ0) is 9.35. The van der Waals surface area contributed by atoms with Crippen LogP contribution >= 0.6 is 0 Å². The van der Waals surface area contributed by atoms with Crippen LogP contribution in [-0.2, 0) is 0 Å². The summed E-state index contributed by atoms with van der Waals surface area (Å²) in [6.07, 6.45) is 4.18. The van der Waals surface area contributed by atoms with Gasteiger partial charge >= 0.3 is 0 Å². The highest BCUT2D eigenvalue weighted by Gasteiger charge is 2.49. The third-order valence-electron chi connectivity index (χ3n) is 4.70. The molecule has 0 bridgehead atoms. The minimum absolute atomic E-state index is 0.656. The van der Waals surface area contributed by atoms with Crippen LogP contribution in [0, 0.1) is 23.2 Å². The van der Waals surface area contributed by atoms with E-state index in [0.717, 1.165) is 17.8 Å². The van der Waals surface area contributed by atoms with Gasteiger partial charge < -0.3 is 0 Å². The normalized spacial score (nSPS) is 41.5. The lowest BCUT2D eigenvalue weighted by Gasteiger charge is -2.56. The van der Waals surface area contributed by atoms with Crippen LogP contribution in [0.4, 0.5) is 0 Å². The van der Waals surface area contributed by atoms with Crippen molar-refractivity contribution in [2.75, 3.05) is 0 Å². The summed E-state index contributed by atoms with van der Waals surface area (Å²) in [5.74, 6) is 2.87. The largest absolute Gasteiger partial charge is 0.0651 e. The fraction of sp³-hybridized carbons (Fsp3) is 1.00. The second-order valence-electron chi connectivity index (χ2n) is 4.92. The molecule has 0 aromatic rings. The third kappa shape index (κ3) is 1.20. The standard InChI is InChI=1S/C12H24/c1-6-11(7-2)12(5)9(3)8-10(12)4/h9-11H,6-8H2,1-5H3. The minimum atomic E-state index is 0.656. The van der Waals surface area contributed by atoms with E-state index in [2.05, 4.69) is 34.6 Å². The van der Waals surface area contributed by atoms with Gasteiger partial charge in [-0.1, -0.05) is 47.5 Å². The van der Waals surface area contributed by atoms with Crippen molar-refractivity contribution in [2.24, 2.45) is 23.2 Å². The van der Waals surface area contributed by atoms with Crippen molar-refractivity contribution in [3.05, 3.63) is 0 Å². The molecule has 0 nitrogen and oxygen atoms in total. The lowest BCUT2D eigenvalue weighted by molar-refractivity contribution is -0.0719. The van der Waals surface area contributed by atoms with Crippen molar-refractivity contribution < 1.29 is 0 Å². The molecule has 0 aliphatic heterocycles. The Kier molecular flexibility index (Phi) is 2.85. The zero-order valence-corrected chi connectivity index (χ0v) is 9.35. The molecule has 0 spiro atoms. The van der Waals surface area contributed by atoms with Crippen molar-refractivity contribution in [1.82, 2.24) is 0 Å². The topological polar surface area (TPSA) is 0 Å². The van der Waals surface area contributed by atoms with Crippen molar-refractivity contribution in [3.63, 3.8) is 0 Å². The fourth-order valence-electron chi connectivity index (χ4n) is 3.34. The van der Waals surface area contributed by atoms with Gasteiger partial charge in [0.15, 0.2) is 0 Å². The predicted octanol–water partition coefficient (Wildman–Crippen LogP) is 4.10. The summed E-state index contributed by atoms with van der Waals surface area (Å²) >= 11 is 0. The summed E-state index contributed by atoms with van der Waals surface area (Å²) in [5, 5.41) is 0. The maximum Gasteiger partial charge on any atom is -0.0246 e. The molecule has 1 aliphatic carbocycles. The van der Waals surface area contributed by atoms with Crippen LogP contribution in [-0.4, -0.2) is 0 Å². The summed E-state index contributed by atoms with van der Waals surface area (Å²) in [7, 11) is 0. The molecule has 1 saturated carbocycles. The molecule has 1 aliphatic rings. The highest BCUT2D eigenvalue weighted by molar-refractivity contribution is 4.98. The van der Waals surface area contributed by atoms with Crippen molar-refractivity contribution in [1.29, 1.82) is 0 Å². The Morgan fingerprint density at radius 3 is 1.75 bits per heavy atom. The Balaban J connectivity index is 2.68. The van der Waals surface area contributed by atoms with Crippen LogP contribution < -0.4 is 0 Å². The van der Waals surface area contributed by atoms with Gasteiger partial charge in [0.25, 0.3) is 0 Å². The van der Waals surface area contributed by atoms with E-state index < -0.39 is 0 Å². The van der Waals surface area contributed by atoms with Crippen LogP contribution in [0.2, 0.25) is 0 Å². The first kappa shape index (κ1) is 10.1. The molecule has 0 heteroatoms. The quantitative estimate of drug-likeness (QED) is 0.595. The van der Waals surface area contributed by atoms with E-state index in [9.17, 15) is 0 Å². The Labute approximate surface area is 77.7 Å². The van der Waals surface area contributed by atoms with Crippen LogP contribution in [0.1, 0.15) is 53.9 Å². The monoisotopic (exact) mass is 168 g/mol. The second kappa shape index (κ2) is 3.40. The SMILES string of the molecule is CCC(CC)C1(C)C(C)CC1C. The summed E-state index contributed by atoms with van der Waals surface area (Å²) < 4.78 is 0. The van der Waals surface area contributed by atoms with Gasteiger partial charge in [0, 0.05) is 0 Å². The van der Waals surface area contributed by atoms with E-state index in [0.29, 0.717) is 5.41 Å². The molecule has 0 aromatic carbocycles. The lowest BCUT2D eigenvalue weighted by atomic mass is 9.49. The molecule has 2 atom stereocenters. The molecular formula is C12H24. The average Bonchev–Trinajstić information content (AvgIpc) is 2.07. The highest BCUT2D eigenvalue weighted by Crippen LogP contribution is 2.57. The molecular weight excluding hydrogens is 144 g/mol. The lowest BCUT2D eigenvalue weighted by Crippen LogP contribution is -2.49. The van der Waals surface area contributed by atoms with E-state index >= 15 is 0 Å². The smallest absolute Gasteiger partial charge is 0.0246 e. The summed E-state index contributed by atoms with van der Waals surface area (Å²) in [4.78, 5) is 0. The zero-order valence-electron chi connectivity index (χ0n) is 9.35. The van der Waals surface area contributed by atoms with E-state index in [1.165, 1.54) is 19.3 Å². The molecule has 0 radical (unpaired) electrons. The average molecular weight is 168 g/mol. The Morgan fingerprint density at radius 1 is 1.17 bits per heavy atom. The first-order valence-corrected chi connectivity index (χ1v) is 5.57. The summed E-state index contributed by atoms with van der Waals surface area (Å²) in [6.45, 7) is 12.1. The van der Waals surface area contributed by atoms with Crippen LogP contribution in [0.3, 0.4) is 0 Å². The van der Waals surface area contributed by atoms with Gasteiger partial charge in [0.05, 0.1) is 0 Å². The van der Waals surface area contributed by atoms with Crippen LogP contribution in [0.25, 0.3) is 0 Å². The fourth-order valence-corrected chi connectivity index (χ4v) is 3.34. The first-order chi connectivity index (χ1) is 5.57. The molecule has 2 unspecified atom stereocenters. The van der Waals surface area contributed by atoms with E-state index in [1.807, 2.05) is 0 Å². The van der Waals surface area contributed by atoms with Gasteiger partial charge in [-0.05, 0) is 29.6 Å². The van der Waals surface area contributed by atoms with Gasteiger partial charge in [-0.3, -0.25) is 0 Å².